The van der Waals surface area contributed by atoms with E-state index in [1.165, 1.54) is 141 Å². The number of carboxylic acids is 2. The van der Waals surface area contributed by atoms with E-state index in [2.05, 4.69) is 38.2 Å². The van der Waals surface area contributed by atoms with Crippen molar-refractivity contribution < 1.29 is 19.8 Å². The minimum Gasteiger partial charge on any atom is -0.481 e. The second-order valence-corrected chi connectivity index (χ2v) is 13.3. The predicted molar refractivity (Wildman–Crippen MR) is 197 cm³/mol. The van der Waals surface area contributed by atoms with Gasteiger partial charge in [-0.25, -0.2) is 0 Å². The molecule has 0 spiro atoms. The maximum Gasteiger partial charge on any atom is 0.303 e. The summed E-state index contributed by atoms with van der Waals surface area (Å²) in [5.74, 6) is -1.33. The van der Waals surface area contributed by atoms with Crippen LogP contribution >= 0.6 is 0 Å². The van der Waals surface area contributed by atoms with Crippen molar-refractivity contribution in [1.82, 2.24) is 0 Å². The fourth-order valence-corrected chi connectivity index (χ4v) is 4.69. The zero-order chi connectivity index (χ0) is 34.3. The standard InChI is InChI=1S/2C18H34O2.C3H10N2/c2*1-2-3-4-5-6-7-8-9-10-11-12-13-14-15-16-17-18(19)20;1-3(2,4)5/h2*9-10H,2-8,11-17H2,1H3,(H,19,20);4-5H2,1-2H3. The largest absolute Gasteiger partial charge is 0.481 e. The Bertz CT molecular complexity index is 600. The molecule has 0 saturated heterocycles. The topological polar surface area (TPSA) is 127 Å². The fourth-order valence-electron chi connectivity index (χ4n) is 4.69. The molecule has 6 N–H and O–H groups in total. The Balaban J connectivity index is -0.000000680. The average molecular weight is 639 g/mol. The molecule has 0 bridgehead atoms. The highest BCUT2D eigenvalue weighted by molar-refractivity contribution is 5.66. The van der Waals surface area contributed by atoms with Crippen LogP contribution in [0.3, 0.4) is 0 Å². The van der Waals surface area contributed by atoms with Gasteiger partial charge >= 0.3 is 11.9 Å². The number of allylic oxidation sites excluding steroid dienone is 4. The van der Waals surface area contributed by atoms with Crippen molar-refractivity contribution in [2.45, 2.75) is 213 Å². The molecular formula is C39H78N2O4. The Morgan fingerprint density at radius 3 is 0.867 bits per heavy atom. The molecule has 0 aliphatic carbocycles. The second-order valence-electron chi connectivity index (χ2n) is 13.3. The van der Waals surface area contributed by atoms with E-state index in [-0.39, 0.29) is 0 Å². The van der Waals surface area contributed by atoms with Gasteiger partial charge in [0.05, 0.1) is 5.66 Å². The van der Waals surface area contributed by atoms with Crippen LogP contribution in [0.4, 0.5) is 0 Å². The number of hydrogen-bond donors (Lipinski definition) is 4. The Kier molecular flexibility index (Phi) is 42.8. The van der Waals surface area contributed by atoms with Crippen LogP contribution in [0.5, 0.6) is 0 Å². The first-order valence-corrected chi connectivity index (χ1v) is 18.9. The molecule has 0 saturated carbocycles. The van der Waals surface area contributed by atoms with E-state index in [1.807, 2.05) is 0 Å². The number of rotatable bonds is 30. The lowest BCUT2D eigenvalue weighted by molar-refractivity contribution is -0.138. The van der Waals surface area contributed by atoms with Crippen LogP contribution in [0, 0.1) is 0 Å². The summed E-state index contributed by atoms with van der Waals surface area (Å²) in [6.45, 7) is 8.00. The van der Waals surface area contributed by atoms with Crippen LogP contribution in [0.15, 0.2) is 24.3 Å². The van der Waals surface area contributed by atoms with Crippen LogP contribution in [-0.2, 0) is 9.59 Å². The van der Waals surface area contributed by atoms with Crippen molar-refractivity contribution in [3.63, 3.8) is 0 Å². The Morgan fingerprint density at radius 1 is 0.444 bits per heavy atom. The monoisotopic (exact) mass is 639 g/mol. The molecule has 0 radical (unpaired) electrons. The van der Waals surface area contributed by atoms with Crippen molar-refractivity contribution in [2.24, 2.45) is 11.5 Å². The minimum atomic E-state index is -0.664. The van der Waals surface area contributed by atoms with Crippen LogP contribution < -0.4 is 11.5 Å². The van der Waals surface area contributed by atoms with E-state index in [9.17, 15) is 9.59 Å². The summed E-state index contributed by atoms with van der Waals surface area (Å²) < 4.78 is 0. The van der Waals surface area contributed by atoms with Gasteiger partial charge in [0.25, 0.3) is 0 Å². The number of nitrogens with two attached hydrogens (primary N) is 2. The SMILES string of the molecule is CC(C)(N)N.CCCCCCCCC=CCCCCCCCC(=O)O.CCCCCCCCC=CCCCCCCCC(=O)O. The summed E-state index contributed by atoms with van der Waals surface area (Å²) in [6.07, 6.45) is 42.5. The first kappa shape index (κ1) is 47.7. The smallest absolute Gasteiger partial charge is 0.303 e. The second kappa shape index (κ2) is 40.4. The van der Waals surface area contributed by atoms with Crippen LogP contribution in [0.1, 0.15) is 207 Å². The molecule has 0 atom stereocenters. The number of unbranched alkanes of at least 4 members (excludes halogenated alkanes) is 22. The first-order valence-electron chi connectivity index (χ1n) is 18.9. The van der Waals surface area contributed by atoms with E-state index in [0.29, 0.717) is 12.8 Å². The van der Waals surface area contributed by atoms with Gasteiger partial charge in [-0.2, -0.15) is 0 Å². The van der Waals surface area contributed by atoms with Crippen LogP contribution in [-0.4, -0.2) is 27.8 Å². The lowest BCUT2D eigenvalue weighted by Gasteiger charge is -2.07. The zero-order valence-corrected chi connectivity index (χ0v) is 30.5. The Morgan fingerprint density at radius 2 is 0.644 bits per heavy atom. The van der Waals surface area contributed by atoms with Crippen molar-refractivity contribution in [3.8, 4) is 0 Å². The zero-order valence-electron chi connectivity index (χ0n) is 30.5. The van der Waals surface area contributed by atoms with Gasteiger partial charge < -0.3 is 21.7 Å². The third kappa shape index (κ3) is 65.9. The van der Waals surface area contributed by atoms with Gasteiger partial charge in [0.2, 0.25) is 0 Å². The third-order valence-corrected chi connectivity index (χ3v) is 7.30. The van der Waals surface area contributed by atoms with Gasteiger partial charge in [0, 0.05) is 12.8 Å². The third-order valence-electron chi connectivity index (χ3n) is 7.30. The molecule has 0 aliphatic heterocycles. The molecule has 45 heavy (non-hydrogen) atoms. The molecule has 0 aromatic carbocycles. The lowest BCUT2D eigenvalue weighted by Crippen LogP contribution is -2.42. The first-order chi connectivity index (χ1) is 21.5. The summed E-state index contributed by atoms with van der Waals surface area (Å²) in [5.41, 5.74) is 9.76. The highest BCUT2D eigenvalue weighted by Crippen LogP contribution is 2.11. The van der Waals surface area contributed by atoms with Crippen molar-refractivity contribution in [3.05, 3.63) is 24.3 Å². The van der Waals surface area contributed by atoms with Gasteiger partial charge in [-0.1, -0.05) is 141 Å². The summed E-state index contributed by atoms with van der Waals surface area (Å²) in [5, 5.41) is 17.0. The normalized spacial score (nSPS) is 11.3. The summed E-state index contributed by atoms with van der Waals surface area (Å²) in [4.78, 5) is 20.6. The quantitative estimate of drug-likeness (QED) is 0.0352. The van der Waals surface area contributed by atoms with Gasteiger partial charge in [0.15, 0.2) is 0 Å². The van der Waals surface area contributed by atoms with Crippen LogP contribution in [0.25, 0.3) is 0 Å². The lowest BCUT2D eigenvalue weighted by atomic mass is 10.1. The van der Waals surface area contributed by atoms with Crippen molar-refractivity contribution >= 4 is 11.9 Å². The molecule has 6 heteroatoms. The minimum absolute atomic E-state index is 0.332. The van der Waals surface area contributed by atoms with Crippen LogP contribution in [0.2, 0.25) is 0 Å². The maximum absolute atomic E-state index is 10.3. The average Bonchev–Trinajstić information content (AvgIpc) is 2.96. The molecule has 0 aromatic rings. The predicted octanol–water partition coefficient (Wildman–Crippen LogP) is 11.9. The molecule has 6 nitrogen and oxygen atoms in total. The van der Waals surface area contributed by atoms with E-state index < -0.39 is 17.6 Å². The highest BCUT2D eigenvalue weighted by Gasteiger charge is 1.97. The van der Waals surface area contributed by atoms with E-state index in [1.54, 1.807) is 13.8 Å². The number of carbonyl (C=O) groups is 2. The molecular weight excluding hydrogens is 560 g/mol. The molecule has 0 aliphatic rings. The van der Waals surface area contributed by atoms with Crippen molar-refractivity contribution in [2.75, 3.05) is 0 Å². The summed E-state index contributed by atoms with van der Waals surface area (Å²) in [6, 6.07) is 0. The maximum atomic E-state index is 10.3. The summed E-state index contributed by atoms with van der Waals surface area (Å²) in [7, 11) is 0. The number of hydrogen-bond acceptors (Lipinski definition) is 4. The molecule has 0 rings (SSSR count). The highest BCUT2D eigenvalue weighted by atomic mass is 16.4. The number of carboxylic acid groups (broad SMARTS) is 2. The van der Waals surface area contributed by atoms with Gasteiger partial charge in [-0.15, -0.1) is 0 Å². The van der Waals surface area contributed by atoms with E-state index in [0.717, 1.165) is 25.7 Å². The molecule has 0 fully saturated rings. The van der Waals surface area contributed by atoms with E-state index >= 15 is 0 Å². The van der Waals surface area contributed by atoms with Gasteiger partial charge in [0.1, 0.15) is 0 Å². The molecule has 0 unspecified atom stereocenters. The Hall–Kier alpha value is -1.66. The molecule has 268 valence electrons. The van der Waals surface area contributed by atoms with Gasteiger partial charge in [-0.3, -0.25) is 9.59 Å². The molecule has 0 amide bonds. The fraction of sp³-hybridized carbons (Fsp3) is 0.846. The number of aliphatic carboxylic acids is 2. The van der Waals surface area contributed by atoms with E-state index in [4.69, 9.17) is 21.7 Å². The Labute approximate surface area is 280 Å². The summed E-state index contributed by atoms with van der Waals surface area (Å²) >= 11 is 0. The molecule has 0 aromatic heterocycles. The van der Waals surface area contributed by atoms with Gasteiger partial charge in [-0.05, 0) is 78.1 Å². The molecule has 0 heterocycles. The van der Waals surface area contributed by atoms with Crippen molar-refractivity contribution in [1.29, 1.82) is 0 Å².